The summed E-state index contributed by atoms with van der Waals surface area (Å²) in [5, 5.41) is 0. The van der Waals surface area contributed by atoms with Gasteiger partial charge in [-0.15, -0.1) is 0 Å². The Morgan fingerprint density at radius 3 is 2.30 bits per heavy atom. The highest BCUT2D eigenvalue weighted by Gasteiger charge is 2.28. The molecular weight excluding hydrogens is 324 g/mol. The molecule has 0 nitrogen and oxygen atoms in total. The third-order valence-corrected chi connectivity index (χ3v) is 5.87. The van der Waals surface area contributed by atoms with Crippen molar-refractivity contribution in [3.8, 4) is 0 Å². The molecule has 0 radical (unpaired) electrons. The minimum Gasteiger partial charge on any atom is -0.0950 e. The number of hydrogen-bond donors (Lipinski definition) is 0. The molecule has 2 aromatic rings. The van der Waals surface area contributed by atoms with Gasteiger partial charge in [-0.05, 0) is 65.7 Å². The first kappa shape index (κ1) is 19.4. The summed E-state index contributed by atoms with van der Waals surface area (Å²) in [6.45, 7) is 9.25. The third-order valence-electron chi connectivity index (χ3n) is 5.87. The highest BCUT2D eigenvalue weighted by atomic mass is 14.3. The monoisotopic (exact) mass is 356 g/mol. The summed E-state index contributed by atoms with van der Waals surface area (Å²) in [5.41, 5.74) is 5.71. The number of rotatable bonds is 8. The van der Waals surface area contributed by atoms with Crippen LogP contribution in [0.4, 0.5) is 0 Å². The maximum Gasteiger partial charge on any atom is -0.0101 e. The second-order valence-corrected chi connectivity index (χ2v) is 8.36. The second-order valence-electron chi connectivity index (χ2n) is 8.36. The smallest absolute Gasteiger partial charge is 0.0101 e. The molecule has 0 saturated carbocycles. The van der Waals surface area contributed by atoms with Gasteiger partial charge in [-0.1, -0.05) is 99.3 Å². The Bertz CT molecular complexity index is 790. The molecule has 0 saturated heterocycles. The van der Waals surface area contributed by atoms with Crippen LogP contribution in [-0.2, 0) is 6.42 Å². The maximum absolute atomic E-state index is 4.51. The van der Waals surface area contributed by atoms with Crippen LogP contribution in [0.25, 0.3) is 0 Å². The lowest BCUT2D eigenvalue weighted by atomic mass is 9.71. The van der Waals surface area contributed by atoms with Gasteiger partial charge in [-0.2, -0.15) is 0 Å². The Hall–Kier alpha value is -2.34. The zero-order valence-corrected chi connectivity index (χ0v) is 16.8. The van der Waals surface area contributed by atoms with Gasteiger partial charge in [0.05, 0.1) is 0 Å². The van der Waals surface area contributed by atoms with Crippen molar-refractivity contribution in [1.29, 1.82) is 0 Å². The predicted molar refractivity (Wildman–Crippen MR) is 118 cm³/mol. The van der Waals surface area contributed by atoms with Crippen molar-refractivity contribution in [2.75, 3.05) is 0 Å². The summed E-state index contributed by atoms with van der Waals surface area (Å²) in [7, 11) is 0. The minimum atomic E-state index is 0.0915. The van der Waals surface area contributed by atoms with Crippen molar-refractivity contribution in [2.24, 2.45) is 5.41 Å². The van der Waals surface area contributed by atoms with Crippen molar-refractivity contribution in [3.05, 3.63) is 108 Å². The molecule has 1 aliphatic carbocycles. The highest BCUT2D eigenvalue weighted by molar-refractivity contribution is 5.38. The Balaban J connectivity index is 1.76. The van der Waals surface area contributed by atoms with Crippen LogP contribution >= 0.6 is 0 Å². The van der Waals surface area contributed by atoms with Crippen LogP contribution in [0, 0.1) is 5.41 Å². The standard InChI is InChI=1S/C27H32/c1-22(24-15-9-5-10-16-24)27(2,3)21-26(25-17-11-6-12-18-25)20-19-23-13-7-4-8-14-23/h4-9,11-15,17-18,26H,1,10,16,19-21H2,2-3H3. The van der Waals surface area contributed by atoms with Crippen molar-refractivity contribution in [3.63, 3.8) is 0 Å². The van der Waals surface area contributed by atoms with Crippen molar-refractivity contribution >= 4 is 0 Å². The fourth-order valence-corrected chi connectivity index (χ4v) is 4.13. The van der Waals surface area contributed by atoms with E-state index in [2.05, 4.69) is 99.3 Å². The van der Waals surface area contributed by atoms with E-state index >= 15 is 0 Å². The fraction of sp³-hybridized carbons (Fsp3) is 0.333. The first-order chi connectivity index (χ1) is 13.1. The predicted octanol–water partition coefficient (Wildman–Crippen LogP) is 7.65. The molecule has 1 atom stereocenters. The average Bonchev–Trinajstić information content (AvgIpc) is 2.72. The van der Waals surface area contributed by atoms with E-state index in [4.69, 9.17) is 0 Å². The van der Waals surface area contributed by atoms with Gasteiger partial charge in [0.25, 0.3) is 0 Å². The topological polar surface area (TPSA) is 0 Å². The molecule has 0 heteroatoms. The molecule has 0 aromatic heterocycles. The molecule has 27 heavy (non-hydrogen) atoms. The lowest BCUT2D eigenvalue weighted by molar-refractivity contribution is 0.358. The van der Waals surface area contributed by atoms with Crippen LogP contribution in [0.15, 0.2) is 96.6 Å². The quantitative estimate of drug-likeness (QED) is 0.455. The summed E-state index contributed by atoms with van der Waals surface area (Å²) in [6, 6.07) is 21.9. The molecule has 0 spiro atoms. The molecule has 0 aliphatic heterocycles. The Morgan fingerprint density at radius 2 is 1.67 bits per heavy atom. The number of aryl methyl sites for hydroxylation is 1. The average molecular weight is 357 g/mol. The summed E-state index contributed by atoms with van der Waals surface area (Å²) in [6.07, 6.45) is 12.4. The molecule has 2 aromatic carbocycles. The number of hydrogen-bond acceptors (Lipinski definition) is 0. The number of benzene rings is 2. The van der Waals surface area contributed by atoms with E-state index in [1.165, 1.54) is 28.7 Å². The summed E-state index contributed by atoms with van der Waals surface area (Å²) < 4.78 is 0. The second kappa shape index (κ2) is 9.04. The van der Waals surface area contributed by atoms with Gasteiger partial charge in [0.15, 0.2) is 0 Å². The van der Waals surface area contributed by atoms with Crippen LogP contribution in [0.3, 0.4) is 0 Å². The van der Waals surface area contributed by atoms with Crippen LogP contribution in [-0.4, -0.2) is 0 Å². The zero-order valence-electron chi connectivity index (χ0n) is 16.8. The summed E-state index contributed by atoms with van der Waals surface area (Å²) >= 11 is 0. The van der Waals surface area contributed by atoms with E-state index in [0.717, 1.165) is 25.7 Å². The van der Waals surface area contributed by atoms with E-state index < -0.39 is 0 Å². The Labute approximate surface area is 165 Å². The third kappa shape index (κ3) is 5.32. The van der Waals surface area contributed by atoms with E-state index in [-0.39, 0.29) is 5.41 Å². The van der Waals surface area contributed by atoms with E-state index in [9.17, 15) is 0 Å². The molecule has 140 valence electrons. The summed E-state index contributed by atoms with van der Waals surface area (Å²) in [5.74, 6) is 0.540. The molecule has 1 unspecified atom stereocenters. The van der Waals surface area contributed by atoms with E-state index in [0.29, 0.717) is 5.92 Å². The Morgan fingerprint density at radius 1 is 1.00 bits per heavy atom. The zero-order chi connectivity index (χ0) is 19.1. The lowest BCUT2D eigenvalue weighted by Crippen LogP contribution is -2.20. The molecule has 3 rings (SSSR count). The van der Waals surface area contributed by atoms with Gasteiger partial charge in [0.1, 0.15) is 0 Å². The molecule has 1 aliphatic rings. The largest absolute Gasteiger partial charge is 0.0950 e. The van der Waals surface area contributed by atoms with Gasteiger partial charge >= 0.3 is 0 Å². The van der Waals surface area contributed by atoms with Gasteiger partial charge < -0.3 is 0 Å². The minimum absolute atomic E-state index is 0.0915. The van der Waals surface area contributed by atoms with Gasteiger partial charge in [0, 0.05) is 0 Å². The van der Waals surface area contributed by atoms with Crippen LogP contribution in [0.2, 0.25) is 0 Å². The first-order valence-corrected chi connectivity index (χ1v) is 10.2. The molecule has 0 heterocycles. The van der Waals surface area contributed by atoms with Crippen molar-refractivity contribution in [2.45, 2.75) is 51.9 Å². The molecule has 0 amide bonds. The summed E-state index contributed by atoms with van der Waals surface area (Å²) in [4.78, 5) is 0. The lowest BCUT2D eigenvalue weighted by Gasteiger charge is -2.34. The highest BCUT2D eigenvalue weighted by Crippen LogP contribution is 2.42. The van der Waals surface area contributed by atoms with Crippen LogP contribution in [0.5, 0.6) is 0 Å². The van der Waals surface area contributed by atoms with Crippen molar-refractivity contribution in [1.82, 2.24) is 0 Å². The SMILES string of the molecule is C=C(C1=CC=CCC1)C(C)(C)CC(CCc1ccccc1)c1ccccc1. The molecular formula is C27H32. The maximum atomic E-state index is 4.51. The molecule has 0 N–H and O–H groups in total. The molecule has 0 bridgehead atoms. The van der Waals surface area contributed by atoms with E-state index in [1.54, 1.807) is 0 Å². The van der Waals surface area contributed by atoms with Gasteiger partial charge in [-0.25, -0.2) is 0 Å². The Kier molecular flexibility index (Phi) is 6.50. The fourth-order valence-electron chi connectivity index (χ4n) is 4.13. The normalized spacial score (nSPS) is 15.3. The van der Waals surface area contributed by atoms with Crippen molar-refractivity contribution < 1.29 is 0 Å². The van der Waals surface area contributed by atoms with Gasteiger partial charge in [-0.3, -0.25) is 0 Å². The van der Waals surface area contributed by atoms with Gasteiger partial charge in [0.2, 0.25) is 0 Å². The first-order valence-electron chi connectivity index (χ1n) is 10.2. The van der Waals surface area contributed by atoms with E-state index in [1.807, 2.05) is 0 Å². The molecule has 0 fully saturated rings. The van der Waals surface area contributed by atoms with Crippen LogP contribution in [0.1, 0.15) is 56.6 Å². The van der Waals surface area contributed by atoms with Crippen LogP contribution < -0.4 is 0 Å². The number of allylic oxidation sites excluding steroid dienone is 5.